The van der Waals surface area contributed by atoms with Crippen LogP contribution in [0.1, 0.15) is 31.2 Å². The second-order valence-corrected chi connectivity index (χ2v) is 12.0. The zero-order valence-corrected chi connectivity index (χ0v) is 14.5. The van der Waals surface area contributed by atoms with Gasteiger partial charge in [0.15, 0.2) is 9.04 Å². The van der Waals surface area contributed by atoms with Crippen molar-refractivity contribution in [2.75, 3.05) is 6.61 Å². The van der Waals surface area contributed by atoms with Crippen molar-refractivity contribution < 1.29 is 8.54 Å². The van der Waals surface area contributed by atoms with Gasteiger partial charge in [0.25, 0.3) is 0 Å². The van der Waals surface area contributed by atoms with E-state index in [1.807, 2.05) is 0 Å². The molecule has 0 spiro atoms. The van der Waals surface area contributed by atoms with Crippen LogP contribution in [-0.2, 0) is 8.54 Å². The summed E-state index contributed by atoms with van der Waals surface area (Å²) in [5.41, 5.74) is 1.40. The topological polar surface area (TPSA) is 18.5 Å². The van der Waals surface area contributed by atoms with Crippen molar-refractivity contribution in [1.82, 2.24) is 0 Å². The Bertz CT molecular complexity index is 385. The minimum Gasteiger partial charge on any atom is -0.439 e. The number of rotatable bonds is 3. The molecule has 3 atom stereocenters. The monoisotopic (exact) mass is 294 g/mol. The van der Waals surface area contributed by atoms with Gasteiger partial charge < -0.3 is 8.54 Å². The molecule has 0 aromatic heterocycles. The normalized spacial score (nSPS) is 30.4. The first kappa shape index (κ1) is 15.0. The highest BCUT2D eigenvalue weighted by atomic mass is 28.4. The molecule has 2 rings (SSSR count). The molecule has 1 fully saturated rings. The van der Waals surface area contributed by atoms with E-state index in [0.717, 1.165) is 12.7 Å². The van der Waals surface area contributed by atoms with Crippen LogP contribution in [0.5, 0.6) is 0 Å². The molecule has 1 aromatic carbocycles. The molecule has 3 unspecified atom stereocenters. The highest BCUT2D eigenvalue weighted by Crippen LogP contribution is 2.29. The SMILES string of the molecule is CC(C[Si]1(C)OCCCC[SiH](C)O1)c1ccccc1. The Labute approximate surface area is 120 Å². The maximum Gasteiger partial charge on any atom is 0.325 e. The van der Waals surface area contributed by atoms with E-state index >= 15 is 0 Å². The summed E-state index contributed by atoms with van der Waals surface area (Å²) < 4.78 is 12.6. The lowest BCUT2D eigenvalue weighted by atomic mass is 10.0. The van der Waals surface area contributed by atoms with E-state index in [2.05, 4.69) is 50.3 Å². The third-order valence-electron chi connectivity index (χ3n) is 3.91. The first-order valence-corrected chi connectivity index (χ1v) is 12.4. The van der Waals surface area contributed by atoms with Crippen LogP contribution in [0.25, 0.3) is 0 Å². The second kappa shape index (κ2) is 6.84. The van der Waals surface area contributed by atoms with Gasteiger partial charge in [-0.25, -0.2) is 0 Å². The molecule has 1 heterocycles. The van der Waals surface area contributed by atoms with Crippen molar-refractivity contribution in [2.45, 2.75) is 50.9 Å². The van der Waals surface area contributed by atoms with Gasteiger partial charge in [-0.2, -0.15) is 0 Å². The Hall–Kier alpha value is -0.426. The van der Waals surface area contributed by atoms with Crippen LogP contribution in [-0.4, -0.2) is 24.2 Å². The fourth-order valence-corrected chi connectivity index (χ4v) is 10.3. The third-order valence-corrected chi connectivity index (χ3v) is 10.9. The van der Waals surface area contributed by atoms with Crippen LogP contribution >= 0.6 is 0 Å². The minimum atomic E-state index is -1.97. The Balaban J connectivity index is 2.02. The summed E-state index contributed by atoms with van der Waals surface area (Å²) in [5, 5.41) is 0. The predicted octanol–water partition coefficient (Wildman–Crippen LogP) is 4.04. The van der Waals surface area contributed by atoms with Crippen molar-refractivity contribution in [3.8, 4) is 0 Å². The smallest absolute Gasteiger partial charge is 0.325 e. The number of benzene rings is 1. The van der Waals surface area contributed by atoms with E-state index < -0.39 is 17.6 Å². The molecule has 19 heavy (non-hydrogen) atoms. The standard InChI is InChI=1S/C15H26O2Si2/c1-14(15-9-5-4-6-10-15)13-19(3)16-11-7-8-12-18(2)17-19/h4-6,9-10,14,18H,7-8,11-13H2,1-3H3. The van der Waals surface area contributed by atoms with Crippen LogP contribution in [0.15, 0.2) is 30.3 Å². The van der Waals surface area contributed by atoms with E-state index in [9.17, 15) is 0 Å². The summed E-state index contributed by atoms with van der Waals surface area (Å²) in [6.07, 6.45) is 2.50. The quantitative estimate of drug-likeness (QED) is 0.783. The Kier molecular flexibility index (Phi) is 5.39. The second-order valence-electron chi connectivity index (χ2n) is 5.92. The van der Waals surface area contributed by atoms with Gasteiger partial charge in [0.05, 0.1) is 0 Å². The van der Waals surface area contributed by atoms with Gasteiger partial charge in [0, 0.05) is 6.61 Å². The molecular weight excluding hydrogens is 268 g/mol. The summed E-state index contributed by atoms with van der Waals surface area (Å²) in [7, 11) is -2.98. The van der Waals surface area contributed by atoms with E-state index in [1.165, 1.54) is 24.4 Å². The summed E-state index contributed by atoms with van der Waals surface area (Å²) >= 11 is 0. The lowest BCUT2D eigenvalue weighted by Crippen LogP contribution is -2.45. The molecule has 1 aromatic rings. The molecule has 0 radical (unpaired) electrons. The van der Waals surface area contributed by atoms with Crippen LogP contribution in [0.2, 0.25) is 25.2 Å². The first-order valence-electron chi connectivity index (χ1n) is 7.46. The maximum atomic E-state index is 6.43. The fourth-order valence-electron chi connectivity index (χ4n) is 2.90. The van der Waals surface area contributed by atoms with Crippen molar-refractivity contribution in [3.05, 3.63) is 35.9 Å². The van der Waals surface area contributed by atoms with E-state index in [4.69, 9.17) is 8.54 Å². The maximum absolute atomic E-state index is 6.43. The molecule has 1 saturated heterocycles. The highest BCUT2D eigenvalue weighted by molar-refractivity contribution is 6.74. The van der Waals surface area contributed by atoms with Crippen molar-refractivity contribution in [2.24, 2.45) is 0 Å². The van der Waals surface area contributed by atoms with Gasteiger partial charge in [-0.15, -0.1) is 0 Å². The van der Waals surface area contributed by atoms with Crippen LogP contribution in [0, 0.1) is 0 Å². The van der Waals surface area contributed by atoms with Crippen LogP contribution in [0.4, 0.5) is 0 Å². The average Bonchev–Trinajstić information content (AvgIpc) is 2.37. The van der Waals surface area contributed by atoms with Crippen LogP contribution in [0.3, 0.4) is 0 Å². The molecule has 1 aliphatic rings. The Morgan fingerprint density at radius 3 is 2.74 bits per heavy atom. The van der Waals surface area contributed by atoms with Gasteiger partial charge >= 0.3 is 8.56 Å². The first-order chi connectivity index (χ1) is 9.09. The van der Waals surface area contributed by atoms with Crippen molar-refractivity contribution >= 4 is 17.6 Å². The predicted molar refractivity (Wildman–Crippen MR) is 85.4 cm³/mol. The fraction of sp³-hybridized carbons (Fsp3) is 0.600. The van der Waals surface area contributed by atoms with Gasteiger partial charge in [0.1, 0.15) is 0 Å². The summed E-state index contributed by atoms with van der Waals surface area (Å²) in [5.74, 6) is 0.526. The highest BCUT2D eigenvalue weighted by Gasteiger charge is 2.36. The molecule has 0 saturated carbocycles. The largest absolute Gasteiger partial charge is 0.439 e. The third kappa shape index (κ3) is 4.56. The molecule has 0 bridgehead atoms. The Morgan fingerprint density at radius 1 is 1.26 bits per heavy atom. The van der Waals surface area contributed by atoms with Gasteiger partial charge in [-0.1, -0.05) is 43.7 Å². The minimum absolute atomic E-state index is 0.526. The van der Waals surface area contributed by atoms with Crippen LogP contribution < -0.4 is 0 Å². The van der Waals surface area contributed by atoms with Gasteiger partial charge in [-0.05, 0) is 43.1 Å². The zero-order valence-electron chi connectivity index (χ0n) is 12.4. The zero-order chi connectivity index (χ0) is 13.7. The molecule has 4 heteroatoms. The van der Waals surface area contributed by atoms with E-state index in [-0.39, 0.29) is 0 Å². The number of hydrogen-bond donors (Lipinski definition) is 0. The molecule has 0 aliphatic carbocycles. The Morgan fingerprint density at radius 2 is 2.00 bits per heavy atom. The van der Waals surface area contributed by atoms with Crippen molar-refractivity contribution in [3.63, 3.8) is 0 Å². The van der Waals surface area contributed by atoms with Crippen molar-refractivity contribution in [1.29, 1.82) is 0 Å². The lowest BCUT2D eigenvalue weighted by molar-refractivity contribution is 0.227. The van der Waals surface area contributed by atoms with E-state index in [0.29, 0.717) is 5.92 Å². The molecular formula is C15H26O2Si2. The molecule has 2 nitrogen and oxygen atoms in total. The summed E-state index contributed by atoms with van der Waals surface area (Å²) in [4.78, 5) is 0. The average molecular weight is 295 g/mol. The summed E-state index contributed by atoms with van der Waals surface area (Å²) in [6.45, 7) is 7.78. The molecule has 0 N–H and O–H groups in total. The molecule has 0 amide bonds. The van der Waals surface area contributed by atoms with Gasteiger partial charge in [-0.3, -0.25) is 0 Å². The summed E-state index contributed by atoms with van der Waals surface area (Å²) in [6, 6.07) is 13.1. The number of hydrogen-bond acceptors (Lipinski definition) is 2. The lowest BCUT2D eigenvalue weighted by Gasteiger charge is -2.34. The molecule has 1 aliphatic heterocycles. The van der Waals surface area contributed by atoms with Gasteiger partial charge in [0.2, 0.25) is 0 Å². The van der Waals surface area contributed by atoms with E-state index in [1.54, 1.807) is 0 Å². The molecule has 106 valence electrons.